The Hall–Kier alpha value is -4.52. The lowest BCUT2D eigenvalue weighted by Gasteiger charge is -2.20. The van der Waals surface area contributed by atoms with Crippen LogP contribution in [0, 0.1) is 29.9 Å². The number of carbonyl (C=O) groups excluding carboxylic acids is 2. The number of benzene rings is 2. The first-order valence-electron chi connectivity index (χ1n) is 10.3. The van der Waals surface area contributed by atoms with Crippen molar-refractivity contribution in [1.82, 2.24) is 9.88 Å². The summed E-state index contributed by atoms with van der Waals surface area (Å²) in [4.78, 5) is 28.9. The number of hydrogen-bond acceptors (Lipinski definition) is 7. The van der Waals surface area contributed by atoms with Crippen LogP contribution in [0.25, 0.3) is 0 Å². The molecule has 1 aromatic heterocycles. The minimum Gasteiger partial charge on any atom is -0.447 e. The van der Waals surface area contributed by atoms with Crippen LogP contribution in [0.4, 0.5) is 8.78 Å². The van der Waals surface area contributed by atoms with Crippen molar-refractivity contribution in [2.75, 3.05) is 14.1 Å². The van der Waals surface area contributed by atoms with Gasteiger partial charge in [0.05, 0.1) is 11.6 Å². The van der Waals surface area contributed by atoms with Gasteiger partial charge in [0.1, 0.15) is 11.5 Å². The van der Waals surface area contributed by atoms with Crippen molar-refractivity contribution in [2.24, 2.45) is 0 Å². The zero-order chi connectivity index (χ0) is 25.7. The van der Waals surface area contributed by atoms with E-state index < -0.39 is 41.4 Å². The second-order valence-corrected chi connectivity index (χ2v) is 7.61. The Balaban J connectivity index is 1.88. The zero-order valence-corrected chi connectivity index (χ0v) is 19.3. The molecular weight excluding hydrogens is 460 g/mol. The zero-order valence-electron chi connectivity index (χ0n) is 19.3. The minimum atomic E-state index is -1.16. The molecule has 1 heterocycles. The molecule has 0 aliphatic heterocycles. The molecule has 0 fully saturated rings. The number of halogens is 2. The largest absolute Gasteiger partial charge is 0.447 e. The average molecular weight is 481 g/mol. The van der Waals surface area contributed by atoms with E-state index in [-0.39, 0.29) is 22.6 Å². The van der Waals surface area contributed by atoms with E-state index in [1.165, 1.54) is 69.2 Å². The van der Waals surface area contributed by atoms with E-state index in [0.717, 1.165) is 0 Å². The maximum Gasteiger partial charge on any atom is 0.303 e. The molecule has 0 aliphatic rings. The van der Waals surface area contributed by atoms with Gasteiger partial charge in [-0.2, -0.15) is 10.2 Å². The van der Waals surface area contributed by atoms with Gasteiger partial charge in [-0.1, -0.05) is 18.2 Å². The lowest BCUT2D eigenvalue weighted by Crippen LogP contribution is -2.30. The molecule has 0 N–H and O–H groups in total. The SMILES string of the molecule is CC(=O)OC(C(=O)N(C)C)c1ccc(Oc2nc(Oc3cccc(C#N)c3)c(F)c(C)c2F)cc1. The highest BCUT2D eigenvalue weighted by Crippen LogP contribution is 2.33. The normalized spacial score (nSPS) is 11.2. The maximum atomic E-state index is 14.7. The first-order chi connectivity index (χ1) is 16.6. The predicted octanol–water partition coefficient (Wildman–Crippen LogP) is 4.82. The van der Waals surface area contributed by atoms with Gasteiger partial charge in [0.25, 0.3) is 17.7 Å². The van der Waals surface area contributed by atoms with Crippen LogP contribution in [0.5, 0.6) is 23.3 Å². The summed E-state index contributed by atoms with van der Waals surface area (Å²) in [6, 6.07) is 13.7. The number of aromatic nitrogens is 1. The quantitative estimate of drug-likeness (QED) is 0.446. The number of nitrogens with zero attached hydrogens (tertiary/aromatic N) is 3. The summed E-state index contributed by atoms with van der Waals surface area (Å²) in [7, 11) is 3.05. The number of nitriles is 1. The number of rotatable bonds is 7. The Morgan fingerprint density at radius 3 is 2.14 bits per heavy atom. The molecule has 1 amide bonds. The van der Waals surface area contributed by atoms with Gasteiger partial charge in [-0.3, -0.25) is 9.59 Å². The molecule has 0 bridgehead atoms. The third-order valence-electron chi connectivity index (χ3n) is 4.76. The Morgan fingerprint density at radius 2 is 1.60 bits per heavy atom. The van der Waals surface area contributed by atoms with E-state index in [1.807, 2.05) is 6.07 Å². The number of esters is 1. The average Bonchev–Trinajstić information content (AvgIpc) is 2.84. The van der Waals surface area contributed by atoms with E-state index in [1.54, 1.807) is 12.1 Å². The van der Waals surface area contributed by atoms with Crippen LogP contribution in [0.2, 0.25) is 0 Å². The third-order valence-corrected chi connectivity index (χ3v) is 4.76. The Morgan fingerprint density at radius 1 is 1.00 bits per heavy atom. The number of likely N-dealkylation sites (N-methyl/N-ethyl adjacent to an activating group) is 1. The van der Waals surface area contributed by atoms with Gasteiger partial charge in [-0.15, -0.1) is 0 Å². The molecule has 1 unspecified atom stereocenters. The standard InChI is InChI=1S/C25H21F2N3O5/c1-14-20(26)23(29-24(21(14)27)35-19-7-5-6-16(12-19)13-28)34-18-10-8-17(9-11-18)22(33-15(2)31)25(32)30(3)4/h5-12,22H,1-4H3. The fourth-order valence-electron chi connectivity index (χ4n) is 2.97. The minimum absolute atomic E-state index is 0.127. The van der Waals surface area contributed by atoms with Crippen LogP contribution >= 0.6 is 0 Å². The van der Waals surface area contributed by atoms with Gasteiger partial charge in [0.2, 0.25) is 6.10 Å². The van der Waals surface area contributed by atoms with Crippen molar-refractivity contribution in [1.29, 1.82) is 5.26 Å². The summed E-state index contributed by atoms with van der Waals surface area (Å²) in [5.41, 5.74) is 0.291. The molecule has 3 rings (SSSR count). The molecule has 1 atom stereocenters. The molecule has 0 saturated carbocycles. The van der Waals surface area contributed by atoms with E-state index in [9.17, 15) is 18.4 Å². The molecular formula is C25H21F2N3O5. The smallest absolute Gasteiger partial charge is 0.303 e. The predicted molar refractivity (Wildman–Crippen MR) is 120 cm³/mol. The highest BCUT2D eigenvalue weighted by molar-refractivity contribution is 5.84. The van der Waals surface area contributed by atoms with Crippen LogP contribution in [-0.4, -0.2) is 35.9 Å². The summed E-state index contributed by atoms with van der Waals surface area (Å²) in [6.07, 6.45) is -1.16. The van der Waals surface area contributed by atoms with E-state index in [4.69, 9.17) is 19.5 Å². The van der Waals surface area contributed by atoms with Crippen LogP contribution in [0.1, 0.15) is 29.7 Å². The fourth-order valence-corrected chi connectivity index (χ4v) is 2.97. The van der Waals surface area contributed by atoms with E-state index >= 15 is 0 Å². The molecule has 10 heteroatoms. The third kappa shape index (κ3) is 5.89. The van der Waals surface area contributed by atoms with E-state index in [2.05, 4.69) is 4.98 Å². The molecule has 0 saturated heterocycles. The van der Waals surface area contributed by atoms with Crippen LogP contribution in [0.15, 0.2) is 48.5 Å². The van der Waals surface area contributed by atoms with Crippen molar-refractivity contribution in [3.63, 3.8) is 0 Å². The van der Waals surface area contributed by atoms with Crippen molar-refractivity contribution < 1.29 is 32.6 Å². The molecule has 0 aliphatic carbocycles. The van der Waals surface area contributed by atoms with E-state index in [0.29, 0.717) is 5.56 Å². The summed E-state index contributed by atoms with van der Waals surface area (Å²) in [5.74, 6) is -3.92. The van der Waals surface area contributed by atoms with Crippen molar-refractivity contribution in [3.8, 4) is 29.3 Å². The molecule has 3 aromatic rings. The van der Waals surface area contributed by atoms with Crippen LogP contribution in [0.3, 0.4) is 0 Å². The Bertz CT molecular complexity index is 1300. The van der Waals surface area contributed by atoms with Crippen molar-refractivity contribution in [3.05, 3.63) is 76.9 Å². The number of hydrogen-bond donors (Lipinski definition) is 0. The fraction of sp³-hybridized carbons (Fsp3) is 0.200. The van der Waals surface area contributed by atoms with Crippen molar-refractivity contribution >= 4 is 11.9 Å². The second kappa shape index (κ2) is 10.6. The number of ether oxygens (including phenoxy) is 3. The van der Waals surface area contributed by atoms with Gasteiger partial charge in [0.15, 0.2) is 11.6 Å². The monoisotopic (exact) mass is 481 g/mol. The summed E-state index contributed by atoms with van der Waals surface area (Å²) in [5, 5.41) is 9.02. The van der Waals surface area contributed by atoms with Crippen molar-refractivity contribution in [2.45, 2.75) is 20.0 Å². The Kier molecular flexibility index (Phi) is 7.61. The summed E-state index contributed by atoms with van der Waals surface area (Å²) < 4.78 is 45.4. The van der Waals surface area contributed by atoms with Gasteiger partial charge < -0.3 is 19.1 Å². The molecule has 0 spiro atoms. The topological polar surface area (TPSA) is 102 Å². The number of carbonyl (C=O) groups is 2. The first-order valence-corrected chi connectivity index (χ1v) is 10.3. The molecule has 8 nitrogen and oxygen atoms in total. The lowest BCUT2D eigenvalue weighted by molar-refractivity contribution is -0.157. The van der Waals surface area contributed by atoms with Crippen LogP contribution in [-0.2, 0) is 14.3 Å². The number of amides is 1. The van der Waals surface area contributed by atoms with Gasteiger partial charge in [0, 0.05) is 32.1 Å². The first kappa shape index (κ1) is 25.1. The molecule has 180 valence electrons. The molecule has 0 radical (unpaired) electrons. The van der Waals surface area contributed by atoms with Gasteiger partial charge in [-0.05, 0) is 37.3 Å². The highest BCUT2D eigenvalue weighted by Gasteiger charge is 2.26. The molecule has 2 aromatic carbocycles. The second-order valence-electron chi connectivity index (χ2n) is 7.61. The van der Waals surface area contributed by atoms with Gasteiger partial charge in [-0.25, -0.2) is 8.78 Å². The lowest BCUT2D eigenvalue weighted by atomic mass is 10.1. The maximum absolute atomic E-state index is 14.7. The van der Waals surface area contributed by atoms with Crippen LogP contribution < -0.4 is 9.47 Å². The number of pyridine rings is 1. The summed E-state index contributed by atoms with van der Waals surface area (Å²) in [6.45, 7) is 2.40. The van der Waals surface area contributed by atoms with Gasteiger partial charge >= 0.3 is 5.97 Å². The Labute approximate surface area is 200 Å². The highest BCUT2D eigenvalue weighted by atomic mass is 19.1. The molecule has 35 heavy (non-hydrogen) atoms. The summed E-state index contributed by atoms with van der Waals surface area (Å²) >= 11 is 0.